The number of non-ortho nitro benzene ring substituents is 1. The highest BCUT2D eigenvalue weighted by molar-refractivity contribution is 7.92. The number of sulfonamides is 1. The van der Waals surface area contributed by atoms with E-state index in [1.807, 2.05) is 32.0 Å². The average Bonchev–Trinajstić information content (AvgIpc) is 2.46. The summed E-state index contributed by atoms with van der Waals surface area (Å²) >= 11 is 0. The predicted octanol–water partition coefficient (Wildman–Crippen LogP) is 3.35. The third-order valence-corrected chi connectivity index (χ3v) is 5.67. The normalized spacial score (nSPS) is 11.3. The smallest absolute Gasteiger partial charge is 0.269 e. The molecule has 0 atom stereocenters. The summed E-state index contributed by atoms with van der Waals surface area (Å²) in [4.78, 5) is 10.3. The van der Waals surface area contributed by atoms with Crippen molar-refractivity contribution in [2.24, 2.45) is 0 Å². The molecular weight excluding hydrogens is 316 g/mol. The third kappa shape index (κ3) is 3.05. The van der Waals surface area contributed by atoms with Gasteiger partial charge in [-0.2, -0.15) is 0 Å². The first-order valence-corrected chi connectivity index (χ1v) is 8.40. The van der Waals surface area contributed by atoms with Crippen molar-refractivity contribution in [2.45, 2.75) is 25.7 Å². The summed E-state index contributed by atoms with van der Waals surface area (Å²) in [5, 5.41) is 10.9. The number of nitro groups is 1. The summed E-state index contributed by atoms with van der Waals surface area (Å²) in [6.45, 7) is 5.28. The Bertz CT molecular complexity index is 855. The zero-order chi connectivity index (χ0) is 17.4. The Hall–Kier alpha value is -2.41. The lowest BCUT2D eigenvalue weighted by molar-refractivity contribution is -0.385. The summed E-state index contributed by atoms with van der Waals surface area (Å²) in [5.41, 5.74) is 2.44. The van der Waals surface area contributed by atoms with Gasteiger partial charge in [0.2, 0.25) is 0 Å². The maximum atomic E-state index is 12.9. The summed E-state index contributed by atoms with van der Waals surface area (Å²) in [5.74, 6) is 0. The first-order chi connectivity index (χ1) is 10.7. The van der Waals surface area contributed by atoms with Crippen LogP contribution in [0.25, 0.3) is 0 Å². The molecule has 0 aliphatic rings. The SMILES string of the molecule is Cc1ccc([N+](=O)[O-])cc1S(=O)(=O)N(C)c1c(C)cccc1C. The Kier molecular flexibility index (Phi) is 4.42. The lowest BCUT2D eigenvalue weighted by Gasteiger charge is -2.24. The first-order valence-electron chi connectivity index (χ1n) is 6.96. The molecule has 0 saturated heterocycles. The van der Waals surface area contributed by atoms with Crippen LogP contribution in [0.3, 0.4) is 0 Å². The van der Waals surface area contributed by atoms with Crippen LogP contribution in [-0.2, 0) is 10.0 Å². The second-order valence-corrected chi connectivity index (χ2v) is 7.36. The van der Waals surface area contributed by atoms with E-state index >= 15 is 0 Å². The number of para-hydroxylation sites is 1. The quantitative estimate of drug-likeness (QED) is 0.634. The zero-order valence-electron chi connectivity index (χ0n) is 13.4. The van der Waals surface area contributed by atoms with E-state index in [1.165, 1.54) is 23.5 Å². The van der Waals surface area contributed by atoms with E-state index in [-0.39, 0.29) is 10.6 Å². The highest BCUT2D eigenvalue weighted by Gasteiger charge is 2.27. The van der Waals surface area contributed by atoms with Crippen LogP contribution in [0.2, 0.25) is 0 Å². The van der Waals surface area contributed by atoms with E-state index in [9.17, 15) is 18.5 Å². The molecule has 0 amide bonds. The Balaban J connectivity index is 2.63. The van der Waals surface area contributed by atoms with Gasteiger partial charge < -0.3 is 0 Å². The van der Waals surface area contributed by atoms with Crippen LogP contribution in [0.4, 0.5) is 11.4 Å². The van der Waals surface area contributed by atoms with Crippen molar-refractivity contribution >= 4 is 21.4 Å². The summed E-state index contributed by atoms with van der Waals surface area (Å²) in [6.07, 6.45) is 0. The molecule has 2 aromatic carbocycles. The number of hydrogen-bond donors (Lipinski definition) is 0. The lowest BCUT2D eigenvalue weighted by Crippen LogP contribution is -2.28. The summed E-state index contributed by atoms with van der Waals surface area (Å²) in [6, 6.07) is 9.36. The molecule has 0 aliphatic carbocycles. The monoisotopic (exact) mass is 334 g/mol. The van der Waals surface area contributed by atoms with E-state index in [0.717, 1.165) is 17.2 Å². The average molecular weight is 334 g/mol. The first kappa shape index (κ1) is 17.0. The van der Waals surface area contributed by atoms with E-state index < -0.39 is 14.9 Å². The fraction of sp³-hybridized carbons (Fsp3) is 0.250. The molecule has 0 heterocycles. The lowest BCUT2D eigenvalue weighted by atomic mass is 10.1. The van der Waals surface area contributed by atoms with Crippen molar-refractivity contribution in [3.63, 3.8) is 0 Å². The van der Waals surface area contributed by atoms with E-state index in [2.05, 4.69) is 0 Å². The van der Waals surface area contributed by atoms with Crippen molar-refractivity contribution in [3.05, 3.63) is 63.2 Å². The maximum Gasteiger partial charge on any atom is 0.270 e. The fourth-order valence-corrected chi connectivity index (χ4v) is 4.12. The van der Waals surface area contributed by atoms with Gasteiger partial charge in [-0.1, -0.05) is 24.3 Å². The van der Waals surface area contributed by atoms with Crippen LogP contribution in [-0.4, -0.2) is 20.4 Å². The minimum Gasteiger partial charge on any atom is -0.269 e. The van der Waals surface area contributed by atoms with Crippen molar-refractivity contribution in [1.82, 2.24) is 0 Å². The van der Waals surface area contributed by atoms with Gasteiger partial charge in [-0.15, -0.1) is 0 Å². The number of nitrogens with zero attached hydrogens (tertiary/aromatic N) is 2. The van der Waals surface area contributed by atoms with E-state index in [1.54, 1.807) is 6.92 Å². The Labute approximate surface area is 135 Å². The van der Waals surface area contributed by atoms with Gasteiger partial charge in [0.1, 0.15) is 0 Å². The van der Waals surface area contributed by atoms with Crippen molar-refractivity contribution in [2.75, 3.05) is 11.4 Å². The van der Waals surface area contributed by atoms with Gasteiger partial charge in [0.05, 0.1) is 15.5 Å². The van der Waals surface area contributed by atoms with Gasteiger partial charge in [0.15, 0.2) is 0 Å². The van der Waals surface area contributed by atoms with Gasteiger partial charge in [0.25, 0.3) is 15.7 Å². The molecule has 7 heteroatoms. The predicted molar refractivity (Wildman–Crippen MR) is 89.3 cm³/mol. The van der Waals surface area contributed by atoms with E-state index in [0.29, 0.717) is 11.3 Å². The number of anilines is 1. The van der Waals surface area contributed by atoms with Crippen molar-refractivity contribution in [3.8, 4) is 0 Å². The molecule has 6 nitrogen and oxygen atoms in total. The highest BCUT2D eigenvalue weighted by Crippen LogP contribution is 2.31. The highest BCUT2D eigenvalue weighted by atomic mass is 32.2. The Morgan fingerprint density at radius 3 is 2.09 bits per heavy atom. The third-order valence-electron chi connectivity index (χ3n) is 3.78. The largest absolute Gasteiger partial charge is 0.270 e. The Morgan fingerprint density at radius 1 is 1.00 bits per heavy atom. The molecule has 23 heavy (non-hydrogen) atoms. The van der Waals surface area contributed by atoms with Crippen LogP contribution < -0.4 is 4.31 Å². The number of nitro benzene ring substituents is 1. The van der Waals surface area contributed by atoms with E-state index in [4.69, 9.17) is 0 Å². The fourth-order valence-electron chi connectivity index (χ4n) is 2.55. The second kappa shape index (κ2) is 6.00. The maximum absolute atomic E-state index is 12.9. The molecule has 0 spiro atoms. The molecule has 2 aromatic rings. The Morgan fingerprint density at radius 2 is 1.57 bits per heavy atom. The van der Waals surface area contributed by atoms with Crippen LogP contribution in [0.5, 0.6) is 0 Å². The number of aryl methyl sites for hydroxylation is 3. The minimum atomic E-state index is -3.89. The molecule has 0 bridgehead atoms. The molecule has 0 radical (unpaired) electrons. The molecule has 0 aliphatic heterocycles. The van der Waals surface area contributed by atoms with Gasteiger partial charge >= 0.3 is 0 Å². The van der Waals surface area contributed by atoms with Gasteiger partial charge in [-0.3, -0.25) is 14.4 Å². The van der Waals surface area contributed by atoms with Gasteiger partial charge in [-0.25, -0.2) is 8.42 Å². The topological polar surface area (TPSA) is 80.5 Å². The van der Waals surface area contributed by atoms with Crippen molar-refractivity contribution in [1.29, 1.82) is 0 Å². The summed E-state index contributed by atoms with van der Waals surface area (Å²) < 4.78 is 27.1. The molecule has 0 aromatic heterocycles. The molecule has 0 N–H and O–H groups in total. The molecule has 2 rings (SSSR count). The van der Waals surface area contributed by atoms with Crippen LogP contribution in [0, 0.1) is 30.9 Å². The second-order valence-electron chi connectivity index (χ2n) is 5.42. The molecule has 0 saturated carbocycles. The molecule has 0 fully saturated rings. The molecular formula is C16H18N2O4S. The molecule has 0 unspecified atom stereocenters. The van der Waals surface area contributed by atoms with Crippen LogP contribution in [0.15, 0.2) is 41.3 Å². The molecule has 122 valence electrons. The van der Waals surface area contributed by atoms with Gasteiger partial charge in [-0.05, 0) is 37.5 Å². The minimum absolute atomic E-state index is 0.0585. The standard InChI is InChI=1S/C16H18N2O4S/c1-11-8-9-14(18(19)20)10-15(11)23(21,22)17(4)16-12(2)6-5-7-13(16)3/h5-10H,1-4H3. The van der Waals surface area contributed by atoms with Crippen LogP contribution in [0.1, 0.15) is 16.7 Å². The number of hydrogen-bond acceptors (Lipinski definition) is 4. The van der Waals surface area contributed by atoms with Crippen LogP contribution >= 0.6 is 0 Å². The number of rotatable bonds is 4. The number of benzene rings is 2. The van der Waals surface area contributed by atoms with Gasteiger partial charge in [0, 0.05) is 19.2 Å². The summed E-state index contributed by atoms with van der Waals surface area (Å²) in [7, 11) is -2.43. The van der Waals surface area contributed by atoms with Crippen molar-refractivity contribution < 1.29 is 13.3 Å². The zero-order valence-corrected chi connectivity index (χ0v) is 14.2.